The first-order valence-electron chi connectivity index (χ1n) is 10.1. The zero-order chi connectivity index (χ0) is 21.6. The molecule has 5 nitrogen and oxygen atoms in total. The average Bonchev–Trinajstić information content (AvgIpc) is 2.71. The van der Waals surface area contributed by atoms with Gasteiger partial charge in [0.15, 0.2) is 17.6 Å². The molecular formula is C24H33NO4. The van der Waals surface area contributed by atoms with Gasteiger partial charge in [0.25, 0.3) is 5.91 Å². The molecule has 0 spiro atoms. The fraction of sp³-hybridized carbons (Fsp3) is 0.458. The molecule has 0 aromatic heterocycles. The summed E-state index contributed by atoms with van der Waals surface area (Å²) in [6.07, 6.45) is -0.0491. The molecule has 0 radical (unpaired) electrons. The second-order valence-corrected chi connectivity index (χ2v) is 7.50. The van der Waals surface area contributed by atoms with Gasteiger partial charge >= 0.3 is 0 Å². The van der Waals surface area contributed by atoms with Crippen LogP contribution in [0.15, 0.2) is 36.4 Å². The van der Waals surface area contributed by atoms with Gasteiger partial charge in [-0.15, -0.1) is 0 Å². The van der Waals surface area contributed by atoms with Crippen LogP contribution in [0, 0.1) is 6.92 Å². The lowest BCUT2D eigenvalue weighted by atomic mass is 9.93. The molecule has 2 rings (SSSR count). The van der Waals surface area contributed by atoms with Crippen LogP contribution in [0.25, 0.3) is 0 Å². The third-order valence-electron chi connectivity index (χ3n) is 5.07. The molecule has 29 heavy (non-hydrogen) atoms. The van der Waals surface area contributed by atoms with Crippen molar-refractivity contribution in [3.8, 4) is 17.2 Å². The van der Waals surface area contributed by atoms with E-state index in [9.17, 15) is 4.79 Å². The van der Waals surface area contributed by atoms with Gasteiger partial charge in [0.1, 0.15) is 5.75 Å². The third kappa shape index (κ3) is 5.43. The van der Waals surface area contributed by atoms with E-state index in [0.717, 1.165) is 22.4 Å². The largest absolute Gasteiger partial charge is 0.496 e. The first-order chi connectivity index (χ1) is 13.8. The van der Waals surface area contributed by atoms with Crippen LogP contribution in [0.2, 0.25) is 0 Å². The summed E-state index contributed by atoms with van der Waals surface area (Å²) < 4.78 is 16.8. The SMILES string of the molecule is CC[C@H](Oc1ccccc1OC)C(=O)N[C@@H](C)c1cc(C(C)C)c(OC)cc1C. The fourth-order valence-corrected chi connectivity index (χ4v) is 3.39. The second-order valence-electron chi connectivity index (χ2n) is 7.50. The fourth-order valence-electron chi connectivity index (χ4n) is 3.39. The molecule has 0 unspecified atom stereocenters. The van der Waals surface area contributed by atoms with Crippen molar-refractivity contribution in [3.05, 3.63) is 53.1 Å². The highest BCUT2D eigenvalue weighted by atomic mass is 16.5. The van der Waals surface area contributed by atoms with Gasteiger partial charge in [-0.2, -0.15) is 0 Å². The minimum atomic E-state index is -0.600. The van der Waals surface area contributed by atoms with Crippen molar-refractivity contribution in [2.24, 2.45) is 0 Å². The van der Waals surface area contributed by atoms with Crippen LogP contribution in [0.4, 0.5) is 0 Å². The number of aryl methyl sites for hydroxylation is 1. The third-order valence-corrected chi connectivity index (χ3v) is 5.07. The summed E-state index contributed by atoms with van der Waals surface area (Å²) in [6.45, 7) is 10.2. The number of carbonyl (C=O) groups excluding carboxylic acids is 1. The zero-order valence-electron chi connectivity index (χ0n) is 18.5. The van der Waals surface area contributed by atoms with Gasteiger partial charge < -0.3 is 19.5 Å². The maximum atomic E-state index is 12.9. The lowest BCUT2D eigenvalue weighted by Gasteiger charge is -2.24. The Morgan fingerprint density at radius 2 is 1.59 bits per heavy atom. The average molecular weight is 400 g/mol. The number of amides is 1. The van der Waals surface area contributed by atoms with Gasteiger partial charge in [-0.3, -0.25) is 4.79 Å². The Balaban J connectivity index is 2.19. The van der Waals surface area contributed by atoms with E-state index in [1.54, 1.807) is 20.3 Å². The molecule has 158 valence electrons. The van der Waals surface area contributed by atoms with Crippen LogP contribution in [0.5, 0.6) is 17.2 Å². The van der Waals surface area contributed by atoms with Crippen LogP contribution in [0.3, 0.4) is 0 Å². The Morgan fingerprint density at radius 1 is 0.966 bits per heavy atom. The number of para-hydroxylation sites is 2. The van der Waals surface area contributed by atoms with E-state index in [1.807, 2.05) is 45.0 Å². The second kappa shape index (κ2) is 10.2. The van der Waals surface area contributed by atoms with Crippen LogP contribution in [-0.2, 0) is 4.79 Å². The van der Waals surface area contributed by atoms with Crippen molar-refractivity contribution in [3.63, 3.8) is 0 Å². The monoisotopic (exact) mass is 399 g/mol. The number of hydrogen-bond donors (Lipinski definition) is 1. The molecule has 0 aliphatic heterocycles. The highest BCUT2D eigenvalue weighted by molar-refractivity contribution is 5.81. The summed E-state index contributed by atoms with van der Waals surface area (Å²) >= 11 is 0. The first-order valence-corrected chi connectivity index (χ1v) is 10.1. The number of hydrogen-bond acceptors (Lipinski definition) is 4. The Kier molecular flexibility index (Phi) is 7.94. The van der Waals surface area contributed by atoms with Crippen molar-refractivity contribution < 1.29 is 19.0 Å². The van der Waals surface area contributed by atoms with Gasteiger partial charge in [0.2, 0.25) is 0 Å². The predicted octanol–water partition coefficient (Wildman–Crippen LogP) is 5.17. The van der Waals surface area contributed by atoms with Gasteiger partial charge in [-0.1, -0.05) is 32.9 Å². The smallest absolute Gasteiger partial charge is 0.261 e. The number of rotatable bonds is 9. The molecular weight excluding hydrogens is 366 g/mol. The van der Waals surface area contributed by atoms with Crippen LogP contribution >= 0.6 is 0 Å². The normalized spacial score (nSPS) is 13.0. The van der Waals surface area contributed by atoms with Crippen molar-refractivity contribution in [2.45, 2.75) is 59.1 Å². The Labute approximate surface area is 174 Å². The van der Waals surface area contributed by atoms with Gasteiger partial charge in [-0.25, -0.2) is 0 Å². The Morgan fingerprint density at radius 3 is 2.14 bits per heavy atom. The molecule has 1 amide bonds. The minimum absolute atomic E-state index is 0.146. The van der Waals surface area contributed by atoms with E-state index in [4.69, 9.17) is 14.2 Å². The highest BCUT2D eigenvalue weighted by Crippen LogP contribution is 2.32. The van der Waals surface area contributed by atoms with Crippen LogP contribution in [-0.4, -0.2) is 26.2 Å². The molecule has 0 saturated heterocycles. The van der Waals surface area contributed by atoms with Crippen molar-refractivity contribution >= 4 is 5.91 Å². The zero-order valence-corrected chi connectivity index (χ0v) is 18.5. The van der Waals surface area contributed by atoms with Gasteiger partial charge in [-0.05, 0) is 67.1 Å². The maximum absolute atomic E-state index is 12.9. The molecule has 2 aromatic rings. The maximum Gasteiger partial charge on any atom is 0.261 e. The van der Waals surface area contributed by atoms with Gasteiger partial charge in [0.05, 0.1) is 20.3 Å². The molecule has 5 heteroatoms. The summed E-state index contributed by atoms with van der Waals surface area (Å²) in [5.74, 6) is 2.23. The summed E-state index contributed by atoms with van der Waals surface area (Å²) in [7, 11) is 3.27. The van der Waals surface area contributed by atoms with E-state index in [2.05, 4.69) is 25.2 Å². The summed E-state index contributed by atoms with van der Waals surface area (Å²) in [4.78, 5) is 12.9. The molecule has 0 aliphatic rings. The van der Waals surface area contributed by atoms with Crippen LogP contribution in [0.1, 0.15) is 62.8 Å². The molecule has 0 bridgehead atoms. The Hall–Kier alpha value is -2.69. The van der Waals surface area contributed by atoms with Gasteiger partial charge in [0, 0.05) is 0 Å². The molecule has 0 aliphatic carbocycles. The molecule has 0 saturated carbocycles. The molecule has 2 aromatic carbocycles. The van der Waals surface area contributed by atoms with E-state index < -0.39 is 6.10 Å². The van der Waals surface area contributed by atoms with E-state index in [1.165, 1.54) is 0 Å². The number of ether oxygens (including phenoxy) is 3. The molecule has 0 fully saturated rings. The quantitative estimate of drug-likeness (QED) is 0.632. The topological polar surface area (TPSA) is 56.8 Å². The molecule has 0 heterocycles. The van der Waals surface area contributed by atoms with E-state index in [0.29, 0.717) is 23.8 Å². The number of nitrogens with one attached hydrogen (secondary N) is 1. The lowest BCUT2D eigenvalue weighted by molar-refractivity contribution is -0.128. The lowest BCUT2D eigenvalue weighted by Crippen LogP contribution is -2.39. The Bertz CT molecular complexity index is 832. The molecule has 2 atom stereocenters. The number of carbonyl (C=O) groups is 1. The van der Waals surface area contributed by atoms with Crippen molar-refractivity contribution in [1.82, 2.24) is 5.32 Å². The van der Waals surface area contributed by atoms with Crippen molar-refractivity contribution in [2.75, 3.05) is 14.2 Å². The summed E-state index contributed by atoms with van der Waals surface area (Å²) in [6, 6.07) is 11.4. The predicted molar refractivity (Wildman–Crippen MR) is 116 cm³/mol. The highest BCUT2D eigenvalue weighted by Gasteiger charge is 2.23. The van der Waals surface area contributed by atoms with E-state index in [-0.39, 0.29) is 11.9 Å². The standard InChI is InChI=1S/C24H33NO4/c1-8-20(29-22-12-10-9-11-21(22)27-6)24(26)25-17(5)19-14-18(15(2)3)23(28-7)13-16(19)4/h9-15,17,20H,8H2,1-7H3,(H,25,26)/t17-,20-/m0/s1. The summed E-state index contributed by atoms with van der Waals surface area (Å²) in [5.41, 5.74) is 3.29. The van der Waals surface area contributed by atoms with E-state index >= 15 is 0 Å². The molecule has 1 N–H and O–H groups in total. The first kappa shape index (κ1) is 22.6. The summed E-state index contributed by atoms with van der Waals surface area (Å²) in [5, 5.41) is 3.10. The minimum Gasteiger partial charge on any atom is -0.496 e. The number of methoxy groups -OCH3 is 2. The van der Waals surface area contributed by atoms with Crippen LogP contribution < -0.4 is 19.5 Å². The number of benzene rings is 2. The van der Waals surface area contributed by atoms with Crippen molar-refractivity contribution in [1.29, 1.82) is 0 Å².